The number of amides is 1. The summed E-state index contributed by atoms with van der Waals surface area (Å²) in [6, 6.07) is 0. The molecule has 2 fully saturated rings. The van der Waals surface area contributed by atoms with Crippen molar-refractivity contribution in [3.8, 4) is 0 Å². The highest BCUT2D eigenvalue weighted by molar-refractivity contribution is 5.90. The Hall–Kier alpha value is -1.81. The van der Waals surface area contributed by atoms with E-state index in [-0.39, 0.29) is 6.61 Å². The smallest absolute Gasteiger partial charge is 0.284 e. The molecule has 0 aliphatic carbocycles. The van der Waals surface area contributed by atoms with Gasteiger partial charge < -0.3 is 25.4 Å². The summed E-state index contributed by atoms with van der Waals surface area (Å²) in [6.07, 6.45) is -0.270. The maximum atomic E-state index is 12.1. The molecule has 1 aromatic rings. The number of aliphatic hydroxyl groups is 2. The fourth-order valence-electron chi connectivity index (χ4n) is 2.55. The zero-order valence-electron chi connectivity index (χ0n) is 10.3. The summed E-state index contributed by atoms with van der Waals surface area (Å²) >= 11 is 0. The maximum absolute atomic E-state index is 12.1. The van der Waals surface area contributed by atoms with Crippen LogP contribution in [0.4, 0.5) is 0 Å². The fraction of sp³-hybridized carbons (Fsp3) is 0.545. The predicted molar refractivity (Wildman–Crippen MR) is 62.7 cm³/mol. The number of aliphatic hydroxyl groups excluding tert-OH is 2. The molecular formula is C11H13N3O6. The van der Waals surface area contributed by atoms with E-state index < -0.39 is 47.8 Å². The Labute approximate surface area is 112 Å². The minimum atomic E-state index is -1.25. The summed E-state index contributed by atoms with van der Waals surface area (Å²) < 4.78 is 12.0. The van der Waals surface area contributed by atoms with Crippen molar-refractivity contribution in [3.63, 3.8) is 0 Å². The topological polar surface area (TPSA) is 137 Å². The molecule has 4 N–H and O–H groups in total. The average Bonchev–Trinajstić information content (AvgIpc) is 2.90. The first-order valence-corrected chi connectivity index (χ1v) is 5.95. The van der Waals surface area contributed by atoms with Crippen molar-refractivity contribution >= 4 is 5.91 Å². The lowest BCUT2D eigenvalue weighted by Gasteiger charge is -2.29. The van der Waals surface area contributed by atoms with Crippen molar-refractivity contribution in [3.05, 3.63) is 28.4 Å². The molecule has 1 amide bonds. The molecule has 0 radical (unpaired) electrons. The molecular weight excluding hydrogens is 270 g/mol. The molecule has 2 saturated heterocycles. The van der Waals surface area contributed by atoms with Crippen molar-refractivity contribution in [1.82, 2.24) is 9.55 Å². The third-order valence-electron chi connectivity index (χ3n) is 3.65. The number of primary amides is 1. The summed E-state index contributed by atoms with van der Waals surface area (Å²) in [5.74, 6) is -0.953. The van der Waals surface area contributed by atoms with E-state index in [0.29, 0.717) is 0 Å². The van der Waals surface area contributed by atoms with E-state index >= 15 is 0 Å². The second-order valence-electron chi connectivity index (χ2n) is 4.80. The fourth-order valence-corrected chi connectivity index (χ4v) is 2.55. The zero-order valence-corrected chi connectivity index (χ0v) is 10.3. The Morgan fingerprint density at radius 2 is 2.40 bits per heavy atom. The molecule has 0 spiro atoms. The number of nitrogens with two attached hydrogens (primary N) is 1. The number of fused-ring (bicyclic) bond motifs is 2. The summed E-state index contributed by atoms with van der Waals surface area (Å²) in [5.41, 5.74) is 2.66. The van der Waals surface area contributed by atoms with Gasteiger partial charge in [-0.2, -0.15) is 0 Å². The van der Waals surface area contributed by atoms with E-state index in [2.05, 4.69) is 4.98 Å². The van der Waals surface area contributed by atoms with Crippen molar-refractivity contribution in [2.75, 3.05) is 13.2 Å². The SMILES string of the molecule is NC(=O)c1nccn([C@@H]2O[C@@]3(CO)CO[C@@H]2[C@H]3O)c1=O. The van der Waals surface area contributed by atoms with Gasteiger partial charge in [0.05, 0.1) is 13.2 Å². The van der Waals surface area contributed by atoms with Gasteiger partial charge in [0.1, 0.15) is 17.8 Å². The highest BCUT2D eigenvalue weighted by Gasteiger charge is 2.61. The average molecular weight is 283 g/mol. The quantitative estimate of drug-likeness (QED) is 0.551. The molecule has 2 aliphatic heterocycles. The maximum Gasteiger partial charge on any atom is 0.284 e. The molecule has 20 heavy (non-hydrogen) atoms. The Bertz CT molecular complexity index is 616. The molecule has 4 atom stereocenters. The van der Waals surface area contributed by atoms with Gasteiger partial charge in [-0.3, -0.25) is 14.2 Å². The van der Waals surface area contributed by atoms with Crippen LogP contribution in [-0.2, 0) is 9.47 Å². The van der Waals surface area contributed by atoms with Gasteiger partial charge in [-0.15, -0.1) is 0 Å². The third-order valence-corrected chi connectivity index (χ3v) is 3.65. The Morgan fingerprint density at radius 3 is 3.00 bits per heavy atom. The predicted octanol–water partition coefficient (Wildman–Crippen LogP) is -2.64. The second-order valence-corrected chi connectivity index (χ2v) is 4.80. The Morgan fingerprint density at radius 1 is 1.65 bits per heavy atom. The number of aromatic nitrogens is 2. The molecule has 2 aliphatic rings. The van der Waals surface area contributed by atoms with E-state index in [1.54, 1.807) is 0 Å². The van der Waals surface area contributed by atoms with E-state index in [4.69, 9.17) is 15.2 Å². The van der Waals surface area contributed by atoms with E-state index in [0.717, 1.165) is 4.57 Å². The van der Waals surface area contributed by atoms with Gasteiger partial charge in [0.15, 0.2) is 11.9 Å². The number of nitrogens with zero attached hydrogens (tertiary/aromatic N) is 2. The van der Waals surface area contributed by atoms with Crippen LogP contribution in [0, 0.1) is 0 Å². The third kappa shape index (κ3) is 1.61. The largest absolute Gasteiger partial charge is 0.393 e. The van der Waals surface area contributed by atoms with Crippen LogP contribution in [0.1, 0.15) is 16.7 Å². The molecule has 0 saturated carbocycles. The van der Waals surface area contributed by atoms with Crippen molar-refractivity contribution in [1.29, 1.82) is 0 Å². The first kappa shape index (κ1) is 13.2. The van der Waals surface area contributed by atoms with Crippen LogP contribution < -0.4 is 11.3 Å². The summed E-state index contributed by atoms with van der Waals surface area (Å²) in [7, 11) is 0. The molecule has 9 heteroatoms. The highest BCUT2D eigenvalue weighted by atomic mass is 16.7. The number of hydrogen-bond acceptors (Lipinski definition) is 7. The minimum absolute atomic E-state index is 0.0361. The first-order chi connectivity index (χ1) is 9.50. The molecule has 9 nitrogen and oxygen atoms in total. The van der Waals surface area contributed by atoms with Gasteiger partial charge >= 0.3 is 0 Å². The molecule has 3 heterocycles. The molecule has 1 aromatic heterocycles. The van der Waals surface area contributed by atoms with Crippen molar-refractivity contribution in [2.24, 2.45) is 5.73 Å². The second kappa shape index (κ2) is 4.35. The van der Waals surface area contributed by atoms with Crippen LogP contribution in [0.3, 0.4) is 0 Å². The van der Waals surface area contributed by atoms with Crippen LogP contribution in [0.15, 0.2) is 17.2 Å². The van der Waals surface area contributed by atoms with Crippen LogP contribution >= 0.6 is 0 Å². The zero-order chi connectivity index (χ0) is 14.5. The lowest BCUT2D eigenvalue weighted by Crippen LogP contribution is -2.44. The van der Waals surface area contributed by atoms with E-state index in [9.17, 15) is 19.8 Å². The highest BCUT2D eigenvalue weighted by Crippen LogP contribution is 2.44. The molecule has 108 valence electrons. The summed E-state index contributed by atoms with van der Waals surface area (Å²) in [6.45, 7) is -0.405. The van der Waals surface area contributed by atoms with Crippen molar-refractivity contribution in [2.45, 2.75) is 24.0 Å². The van der Waals surface area contributed by atoms with Crippen LogP contribution in [0.2, 0.25) is 0 Å². The van der Waals surface area contributed by atoms with Crippen molar-refractivity contribution < 1.29 is 24.5 Å². The monoisotopic (exact) mass is 283 g/mol. The summed E-state index contributed by atoms with van der Waals surface area (Å²) in [4.78, 5) is 26.8. The van der Waals surface area contributed by atoms with Gasteiger partial charge in [-0.05, 0) is 0 Å². The normalized spacial score (nSPS) is 35.4. The lowest BCUT2D eigenvalue weighted by atomic mass is 10.0. The van der Waals surface area contributed by atoms with E-state index in [1.807, 2.05) is 0 Å². The minimum Gasteiger partial charge on any atom is -0.393 e. The molecule has 0 unspecified atom stereocenters. The molecule has 3 rings (SSSR count). The van der Waals surface area contributed by atoms with Gasteiger partial charge in [-0.25, -0.2) is 4.98 Å². The standard InChI is InChI=1S/C11H13N3O6/c12-8(17)5-9(18)14(2-1-13-5)10-6-7(16)11(3-15,20-10)4-19-6/h1-2,6-7,10,15-16H,3-4H2,(H2,12,17)/t6-,7-,10-,11+/m1/s1. The summed E-state index contributed by atoms with van der Waals surface area (Å²) in [5, 5.41) is 19.4. The van der Waals surface area contributed by atoms with Gasteiger partial charge in [0, 0.05) is 12.4 Å². The van der Waals surface area contributed by atoms with Gasteiger partial charge in [-0.1, -0.05) is 0 Å². The first-order valence-electron chi connectivity index (χ1n) is 5.95. The molecule has 0 aromatic carbocycles. The van der Waals surface area contributed by atoms with E-state index in [1.165, 1.54) is 12.4 Å². The van der Waals surface area contributed by atoms with Crippen LogP contribution in [0.5, 0.6) is 0 Å². The van der Waals surface area contributed by atoms with Crippen LogP contribution in [-0.4, -0.2) is 56.7 Å². The number of hydrogen-bond donors (Lipinski definition) is 3. The number of ether oxygens (including phenoxy) is 2. The number of carbonyl (C=O) groups is 1. The van der Waals surface area contributed by atoms with Gasteiger partial charge in [0.25, 0.3) is 11.5 Å². The van der Waals surface area contributed by atoms with Crippen LogP contribution in [0.25, 0.3) is 0 Å². The Kier molecular flexibility index (Phi) is 2.87. The Balaban J connectivity index is 2.02. The number of carbonyl (C=O) groups excluding carboxylic acids is 1. The lowest BCUT2D eigenvalue weighted by molar-refractivity contribution is -0.187. The molecule has 2 bridgehead atoms. The van der Waals surface area contributed by atoms with Gasteiger partial charge in [0.2, 0.25) is 0 Å². The number of rotatable bonds is 3.